The predicted molar refractivity (Wildman–Crippen MR) is 66.4 cm³/mol. The quantitative estimate of drug-likeness (QED) is 0.784. The van der Waals surface area contributed by atoms with Gasteiger partial charge in [-0.2, -0.15) is 0 Å². The van der Waals surface area contributed by atoms with Gasteiger partial charge in [0.05, 0.1) is 10.2 Å². The molecule has 0 amide bonds. The number of benzene rings is 1. The van der Waals surface area contributed by atoms with Crippen molar-refractivity contribution in [3.63, 3.8) is 0 Å². The molecule has 5 heteroatoms. The van der Waals surface area contributed by atoms with Gasteiger partial charge in [0, 0.05) is 32.2 Å². The predicted octanol–water partition coefficient (Wildman–Crippen LogP) is 1.41. The molecule has 3 rings (SSSR count). The fourth-order valence-electron chi connectivity index (χ4n) is 1.90. The van der Waals surface area contributed by atoms with Gasteiger partial charge in [-0.3, -0.25) is 0 Å². The lowest BCUT2D eigenvalue weighted by atomic mass is 10.3. The Bertz CT molecular complexity index is 505. The zero-order valence-corrected chi connectivity index (χ0v) is 9.63. The van der Waals surface area contributed by atoms with Gasteiger partial charge < -0.3 is 15.3 Å². The summed E-state index contributed by atoms with van der Waals surface area (Å²) in [6, 6.07) is 5.35. The van der Waals surface area contributed by atoms with Gasteiger partial charge in [0.25, 0.3) is 0 Å². The van der Waals surface area contributed by atoms with Crippen LogP contribution < -0.4 is 10.2 Å². The van der Waals surface area contributed by atoms with Crippen LogP contribution in [0.2, 0.25) is 0 Å². The molecule has 0 radical (unpaired) electrons. The Morgan fingerprint density at radius 2 is 2.12 bits per heavy atom. The van der Waals surface area contributed by atoms with Crippen LogP contribution in [-0.2, 0) is 0 Å². The number of aromatic nitrogens is 1. The molecule has 0 unspecified atom stereocenters. The molecule has 0 saturated carbocycles. The number of anilines is 1. The Morgan fingerprint density at radius 1 is 1.31 bits per heavy atom. The number of fused-ring (bicyclic) bond motifs is 1. The Hall–Kier alpha value is -1.33. The highest BCUT2D eigenvalue weighted by molar-refractivity contribution is 7.22. The number of rotatable bonds is 1. The average molecular weight is 235 g/mol. The van der Waals surface area contributed by atoms with Crippen LogP contribution in [0, 0.1) is 0 Å². The van der Waals surface area contributed by atoms with Crippen molar-refractivity contribution in [1.82, 2.24) is 10.3 Å². The molecule has 0 bridgehead atoms. The first-order valence-electron chi connectivity index (χ1n) is 5.38. The van der Waals surface area contributed by atoms with E-state index in [0.29, 0.717) is 0 Å². The van der Waals surface area contributed by atoms with E-state index >= 15 is 0 Å². The van der Waals surface area contributed by atoms with E-state index in [4.69, 9.17) is 0 Å². The normalized spacial score (nSPS) is 16.9. The maximum Gasteiger partial charge on any atom is 0.186 e. The van der Waals surface area contributed by atoms with E-state index in [1.807, 2.05) is 6.07 Å². The van der Waals surface area contributed by atoms with E-state index < -0.39 is 0 Å². The van der Waals surface area contributed by atoms with Crippen LogP contribution in [0.3, 0.4) is 0 Å². The van der Waals surface area contributed by atoms with Crippen molar-refractivity contribution in [3.8, 4) is 5.75 Å². The number of thiazole rings is 1. The van der Waals surface area contributed by atoms with Crippen LogP contribution in [0.4, 0.5) is 5.13 Å². The van der Waals surface area contributed by atoms with Crippen molar-refractivity contribution in [3.05, 3.63) is 18.2 Å². The SMILES string of the molecule is Oc1ccc2sc(N3CCNCC3)nc2c1. The molecule has 84 valence electrons. The zero-order chi connectivity index (χ0) is 11.0. The van der Waals surface area contributed by atoms with E-state index in [2.05, 4.69) is 15.2 Å². The lowest BCUT2D eigenvalue weighted by Gasteiger charge is -2.26. The first-order valence-corrected chi connectivity index (χ1v) is 6.20. The third-order valence-electron chi connectivity index (χ3n) is 2.75. The molecule has 1 fully saturated rings. The lowest BCUT2D eigenvalue weighted by molar-refractivity contribution is 0.476. The van der Waals surface area contributed by atoms with Crippen molar-refractivity contribution in [2.75, 3.05) is 31.1 Å². The summed E-state index contributed by atoms with van der Waals surface area (Å²) in [5.74, 6) is 0.282. The number of phenolic OH excluding ortho intramolecular Hbond substituents is 1. The maximum absolute atomic E-state index is 9.39. The summed E-state index contributed by atoms with van der Waals surface area (Å²) < 4.78 is 1.13. The molecule has 1 aromatic heterocycles. The highest BCUT2D eigenvalue weighted by Gasteiger charge is 2.14. The Balaban J connectivity index is 1.97. The van der Waals surface area contributed by atoms with E-state index in [9.17, 15) is 5.11 Å². The monoisotopic (exact) mass is 235 g/mol. The fraction of sp³-hybridized carbons (Fsp3) is 0.364. The van der Waals surface area contributed by atoms with Crippen molar-refractivity contribution >= 4 is 26.7 Å². The Kier molecular flexibility index (Phi) is 2.41. The molecule has 2 heterocycles. The van der Waals surface area contributed by atoms with Gasteiger partial charge in [-0.05, 0) is 12.1 Å². The van der Waals surface area contributed by atoms with Gasteiger partial charge in [0.15, 0.2) is 5.13 Å². The molecule has 0 atom stereocenters. The molecule has 2 aromatic rings. The molecule has 16 heavy (non-hydrogen) atoms. The summed E-state index contributed by atoms with van der Waals surface area (Å²) >= 11 is 1.69. The van der Waals surface area contributed by atoms with Gasteiger partial charge in [0.2, 0.25) is 0 Å². The highest BCUT2D eigenvalue weighted by atomic mass is 32.1. The molecule has 4 nitrogen and oxygen atoms in total. The van der Waals surface area contributed by atoms with Crippen LogP contribution in [0.1, 0.15) is 0 Å². The number of phenols is 1. The first-order chi connectivity index (χ1) is 7.83. The van der Waals surface area contributed by atoms with Crippen LogP contribution in [-0.4, -0.2) is 36.3 Å². The Labute approximate surface area is 97.5 Å². The van der Waals surface area contributed by atoms with Gasteiger partial charge in [0.1, 0.15) is 5.75 Å². The number of nitrogens with one attached hydrogen (secondary N) is 1. The Morgan fingerprint density at radius 3 is 2.94 bits per heavy atom. The van der Waals surface area contributed by atoms with E-state index in [-0.39, 0.29) is 5.75 Å². The fourth-order valence-corrected chi connectivity index (χ4v) is 2.89. The number of hydrogen-bond acceptors (Lipinski definition) is 5. The van der Waals surface area contributed by atoms with E-state index in [0.717, 1.165) is 41.5 Å². The van der Waals surface area contributed by atoms with Crippen LogP contribution >= 0.6 is 11.3 Å². The molecule has 2 N–H and O–H groups in total. The van der Waals surface area contributed by atoms with Gasteiger partial charge in [-0.1, -0.05) is 11.3 Å². The number of hydrogen-bond donors (Lipinski definition) is 2. The van der Waals surface area contributed by atoms with Crippen molar-refractivity contribution < 1.29 is 5.11 Å². The molecule has 0 spiro atoms. The minimum Gasteiger partial charge on any atom is -0.508 e. The highest BCUT2D eigenvalue weighted by Crippen LogP contribution is 2.30. The second-order valence-electron chi connectivity index (χ2n) is 3.89. The topological polar surface area (TPSA) is 48.4 Å². The number of nitrogens with zero attached hydrogens (tertiary/aromatic N) is 2. The summed E-state index contributed by atoms with van der Waals surface area (Å²) in [7, 11) is 0. The molecular formula is C11H13N3OS. The standard InChI is InChI=1S/C11H13N3OS/c15-8-1-2-10-9(7-8)13-11(16-10)14-5-3-12-4-6-14/h1-2,7,12,15H,3-6H2. The molecule has 1 aliphatic heterocycles. The maximum atomic E-state index is 9.39. The van der Waals surface area contributed by atoms with Crippen LogP contribution in [0.25, 0.3) is 10.2 Å². The summed E-state index contributed by atoms with van der Waals surface area (Å²) in [5, 5.41) is 13.8. The average Bonchev–Trinajstić information content (AvgIpc) is 2.73. The smallest absolute Gasteiger partial charge is 0.186 e. The van der Waals surface area contributed by atoms with Crippen molar-refractivity contribution in [2.24, 2.45) is 0 Å². The third-order valence-corrected chi connectivity index (χ3v) is 3.84. The number of aromatic hydroxyl groups is 1. The second-order valence-corrected chi connectivity index (χ2v) is 4.89. The van der Waals surface area contributed by atoms with Gasteiger partial charge in [-0.15, -0.1) is 0 Å². The van der Waals surface area contributed by atoms with Crippen LogP contribution in [0.15, 0.2) is 18.2 Å². The summed E-state index contributed by atoms with van der Waals surface area (Å²) in [6.45, 7) is 4.04. The molecule has 0 aliphatic carbocycles. The molecular weight excluding hydrogens is 222 g/mol. The molecule has 1 saturated heterocycles. The lowest BCUT2D eigenvalue weighted by Crippen LogP contribution is -2.43. The third kappa shape index (κ3) is 1.72. The summed E-state index contributed by atoms with van der Waals surface area (Å²) in [4.78, 5) is 6.84. The molecule has 1 aliphatic rings. The second kappa shape index (κ2) is 3.92. The minimum absolute atomic E-state index is 0.282. The molecule has 1 aromatic carbocycles. The van der Waals surface area contributed by atoms with E-state index in [1.165, 1.54) is 0 Å². The summed E-state index contributed by atoms with van der Waals surface area (Å²) in [5.41, 5.74) is 0.888. The zero-order valence-electron chi connectivity index (χ0n) is 8.81. The summed E-state index contributed by atoms with van der Waals surface area (Å²) in [6.07, 6.45) is 0. The first kappa shape index (κ1) is 9.86. The van der Waals surface area contributed by atoms with Crippen molar-refractivity contribution in [2.45, 2.75) is 0 Å². The van der Waals surface area contributed by atoms with Crippen LogP contribution in [0.5, 0.6) is 5.75 Å². The van der Waals surface area contributed by atoms with Crippen molar-refractivity contribution in [1.29, 1.82) is 0 Å². The number of piperazine rings is 1. The van der Waals surface area contributed by atoms with Gasteiger partial charge in [-0.25, -0.2) is 4.98 Å². The minimum atomic E-state index is 0.282. The van der Waals surface area contributed by atoms with Gasteiger partial charge >= 0.3 is 0 Å². The van der Waals surface area contributed by atoms with E-state index in [1.54, 1.807) is 23.5 Å². The largest absolute Gasteiger partial charge is 0.508 e.